The van der Waals surface area contributed by atoms with Crippen LogP contribution in [0.15, 0.2) is 24.6 Å². The topological polar surface area (TPSA) is 29.5 Å². The van der Waals surface area contributed by atoms with Gasteiger partial charge in [-0.05, 0) is 20.3 Å². The molecule has 6 heteroatoms. The maximum Gasteiger partial charge on any atom is 0.418 e. The van der Waals surface area contributed by atoms with Gasteiger partial charge in [0.1, 0.15) is 0 Å². The van der Waals surface area contributed by atoms with Gasteiger partial charge in [-0.1, -0.05) is 47.0 Å². The maximum atomic E-state index is 11.7. The number of amides is 1. The second-order valence-corrected chi connectivity index (χ2v) is 6.07. The van der Waals surface area contributed by atoms with Crippen molar-refractivity contribution in [2.75, 3.05) is 0 Å². The Labute approximate surface area is 110 Å². The smallest absolute Gasteiger partial charge is 0.418 e. The average molecular weight is 285 g/mol. The highest BCUT2D eigenvalue weighted by atomic mass is 35.6. The molecule has 1 rings (SSSR count). The van der Waals surface area contributed by atoms with Gasteiger partial charge in [0, 0.05) is 12.4 Å². The molecule has 90 valence electrons. The van der Waals surface area contributed by atoms with Crippen molar-refractivity contribution in [2.45, 2.75) is 29.7 Å². The predicted octanol–water partition coefficient (Wildman–Crippen LogP) is 4.00. The fraction of sp³-hybridized carbons (Fsp3) is 0.500. The van der Waals surface area contributed by atoms with Crippen molar-refractivity contribution in [3.63, 3.8) is 0 Å². The van der Waals surface area contributed by atoms with E-state index in [-0.39, 0.29) is 0 Å². The number of hydrogen-bond donors (Lipinski definition) is 0. The molecule has 1 amide bonds. The molecule has 0 aromatic carbocycles. The number of carbonyl (C=O) groups is 1. The van der Waals surface area contributed by atoms with Crippen LogP contribution < -0.4 is 0 Å². The van der Waals surface area contributed by atoms with Crippen molar-refractivity contribution in [1.82, 2.24) is 4.90 Å². The van der Waals surface area contributed by atoms with E-state index in [2.05, 4.69) is 0 Å². The fourth-order valence-corrected chi connectivity index (χ4v) is 1.04. The van der Waals surface area contributed by atoms with E-state index in [9.17, 15) is 4.79 Å². The standard InChI is InChI=1S/C10H12Cl3NO2/c1-9(2,10(11,12)13)16-8(15)14-6-4-3-5-7-14/h4-7H,3H2,1-2H3. The molecule has 1 aliphatic rings. The number of allylic oxidation sites excluding steroid dienone is 2. The molecule has 1 aliphatic heterocycles. The van der Waals surface area contributed by atoms with Crippen molar-refractivity contribution < 1.29 is 9.53 Å². The summed E-state index contributed by atoms with van der Waals surface area (Å²) in [5.41, 5.74) is -1.20. The fourth-order valence-electron chi connectivity index (χ4n) is 0.928. The lowest BCUT2D eigenvalue weighted by molar-refractivity contribution is 0.0295. The van der Waals surface area contributed by atoms with Gasteiger partial charge in [-0.25, -0.2) is 4.79 Å². The summed E-state index contributed by atoms with van der Waals surface area (Å²) in [4.78, 5) is 13.0. The number of hydrogen-bond acceptors (Lipinski definition) is 2. The van der Waals surface area contributed by atoms with Crippen LogP contribution in [0.4, 0.5) is 4.79 Å². The van der Waals surface area contributed by atoms with Crippen LogP contribution >= 0.6 is 34.8 Å². The largest absolute Gasteiger partial charge is 0.438 e. The van der Waals surface area contributed by atoms with E-state index in [1.807, 2.05) is 12.2 Å². The minimum absolute atomic E-state index is 0.580. The van der Waals surface area contributed by atoms with Crippen molar-refractivity contribution in [3.8, 4) is 0 Å². The van der Waals surface area contributed by atoms with Crippen LogP contribution in [0, 0.1) is 0 Å². The van der Waals surface area contributed by atoms with Gasteiger partial charge < -0.3 is 4.74 Å². The molecule has 0 aromatic heterocycles. The van der Waals surface area contributed by atoms with E-state index in [0.29, 0.717) is 0 Å². The van der Waals surface area contributed by atoms with Gasteiger partial charge in [0.2, 0.25) is 3.79 Å². The Kier molecular flexibility index (Phi) is 4.16. The average Bonchev–Trinajstić information content (AvgIpc) is 2.16. The van der Waals surface area contributed by atoms with Gasteiger partial charge in [-0.15, -0.1) is 0 Å². The molecule has 0 bridgehead atoms. The van der Waals surface area contributed by atoms with Gasteiger partial charge in [0.15, 0.2) is 5.60 Å². The zero-order chi connectivity index (χ0) is 12.4. The van der Waals surface area contributed by atoms with Crippen LogP contribution in [-0.2, 0) is 4.74 Å². The van der Waals surface area contributed by atoms with Gasteiger partial charge in [-0.3, -0.25) is 4.90 Å². The van der Waals surface area contributed by atoms with Crippen LogP contribution in [0.1, 0.15) is 20.3 Å². The lowest BCUT2D eigenvalue weighted by Crippen LogP contribution is -2.43. The molecule has 0 atom stereocenters. The first kappa shape index (κ1) is 13.7. The summed E-state index contributed by atoms with van der Waals surface area (Å²) < 4.78 is 3.46. The summed E-state index contributed by atoms with van der Waals surface area (Å²) in [6.45, 7) is 3.07. The highest BCUT2D eigenvalue weighted by Crippen LogP contribution is 2.40. The minimum atomic E-state index is -1.67. The van der Waals surface area contributed by atoms with E-state index in [1.54, 1.807) is 12.4 Å². The zero-order valence-corrected chi connectivity index (χ0v) is 11.2. The second-order valence-electron chi connectivity index (χ2n) is 3.79. The summed E-state index contributed by atoms with van der Waals surface area (Å²) >= 11 is 17.1. The van der Waals surface area contributed by atoms with Crippen LogP contribution in [0.3, 0.4) is 0 Å². The second kappa shape index (κ2) is 4.86. The normalized spacial score (nSPS) is 16.4. The molecule has 16 heavy (non-hydrogen) atoms. The Hall–Kier alpha value is -0.380. The van der Waals surface area contributed by atoms with Gasteiger partial charge >= 0.3 is 6.09 Å². The SMILES string of the molecule is CC(C)(OC(=O)N1C=CCC=C1)C(Cl)(Cl)Cl. The number of alkyl halides is 3. The monoisotopic (exact) mass is 283 g/mol. The molecule has 3 nitrogen and oxygen atoms in total. The highest BCUT2D eigenvalue weighted by molar-refractivity contribution is 6.68. The van der Waals surface area contributed by atoms with Crippen molar-refractivity contribution in [3.05, 3.63) is 24.6 Å². The van der Waals surface area contributed by atoms with E-state index < -0.39 is 15.5 Å². The Morgan fingerprint density at radius 2 is 1.75 bits per heavy atom. The van der Waals surface area contributed by atoms with Crippen molar-refractivity contribution in [2.24, 2.45) is 0 Å². The van der Waals surface area contributed by atoms with E-state index in [4.69, 9.17) is 39.5 Å². The molecule has 0 spiro atoms. The summed E-state index contributed by atoms with van der Waals surface area (Å²) in [6, 6.07) is 0. The first-order chi connectivity index (χ1) is 7.24. The lowest BCUT2D eigenvalue weighted by atomic mass is 10.2. The Morgan fingerprint density at radius 3 is 2.19 bits per heavy atom. The Balaban J connectivity index is 2.67. The first-order valence-corrected chi connectivity index (χ1v) is 5.79. The van der Waals surface area contributed by atoms with Crippen LogP contribution in [-0.4, -0.2) is 20.4 Å². The molecule has 0 aromatic rings. The molecule has 0 saturated heterocycles. The van der Waals surface area contributed by atoms with Crippen molar-refractivity contribution >= 4 is 40.9 Å². The molecular weight excluding hydrogens is 272 g/mol. The zero-order valence-electron chi connectivity index (χ0n) is 8.91. The Morgan fingerprint density at radius 1 is 1.25 bits per heavy atom. The van der Waals surface area contributed by atoms with Crippen LogP contribution in [0.5, 0.6) is 0 Å². The number of ether oxygens (including phenoxy) is 1. The molecule has 0 unspecified atom stereocenters. The van der Waals surface area contributed by atoms with E-state index in [1.165, 1.54) is 18.7 Å². The molecular formula is C10H12Cl3NO2. The third-order valence-electron chi connectivity index (χ3n) is 2.04. The van der Waals surface area contributed by atoms with Gasteiger partial charge in [-0.2, -0.15) is 0 Å². The predicted molar refractivity (Wildman–Crippen MR) is 65.6 cm³/mol. The number of carbonyl (C=O) groups excluding carboxylic acids is 1. The highest BCUT2D eigenvalue weighted by Gasteiger charge is 2.44. The third kappa shape index (κ3) is 3.30. The summed E-state index contributed by atoms with van der Waals surface area (Å²) in [6.07, 6.45) is 7.07. The maximum absolute atomic E-state index is 11.7. The summed E-state index contributed by atoms with van der Waals surface area (Å²) in [5.74, 6) is 0. The molecule has 0 radical (unpaired) electrons. The molecule has 0 fully saturated rings. The molecule has 0 saturated carbocycles. The summed E-state index contributed by atoms with van der Waals surface area (Å²) in [5, 5.41) is 0. The number of halogens is 3. The Bertz CT molecular complexity index is 319. The third-order valence-corrected chi connectivity index (χ3v) is 3.41. The first-order valence-electron chi connectivity index (χ1n) is 4.65. The van der Waals surface area contributed by atoms with Gasteiger partial charge in [0.05, 0.1) is 0 Å². The van der Waals surface area contributed by atoms with E-state index in [0.717, 1.165) is 6.42 Å². The number of nitrogens with zero attached hydrogens (tertiary/aromatic N) is 1. The lowest BCUT2D eigenvalue weighted by Gasteiger charge is -2.33. The van der Waals surface area contributed by atoms with Crippen LogP contribution in [0.25, 0.3) is 0 Å². The van der Waals surface area contributed by atoms with E-state index >= 15 is 0 Å². The quantitative estimate of drug-likeness (QED) is 0.681. The van der Waals surface area contributed by atoms with Gasteiger partial charge in [0.25, 0.3) is 0 Å². The minimum Gasteiger partial charge on any atom is -0.438 e. The molecule has 0 aliphatic carbocycles. The summed E-state index contributed by atoms with van der Waals surface area (Å²) in [7, 11) is 0. The van der Waals surface area contributed by atoms with Crippen molar-refractivity contribution in [1.29, 1.82) is 0 Å². The molecule has 1 heterocycles. The van der Waals surface area contributed by atoms with Crippen LogP contribution in [0.2, 0.25) is 0 Å². The number of rotatable bonds is 1. The molecule has 0 N–H and O–H groups in total.